The summed E-state index contributed by atoms with van der Waals surface area (Å²) in [7, 11) is 0. The van der Waals surface area contributed by atoms with Gasteiger partial charge in [0.15, 0.2) is 0 Å². The minimum atomic E-state index is -0.284. The molecule has 1 aliphatic heterocycles. The monoisotopic (exact) mass is 484 g/mol. The molecule has 8 nitrogen and oxygen atoms in total. The molecule has 0 amide bonds. The van der Waals surface area contributed by atoms with E-state index in [-0.39, 0.29) is 49.3 Å². The SMILES string of the molecule is CC1CCOC(=O)CCCCCCCC(=O)OC(C)CCOC(=O)CCCCCCCC(=O)O1. The van der Waals surface area contributed by atoms with Crippen LogP contribution in [0, 0.1) is 0 Å². The first-order chi connectivity index (χ1) is 16.4. The fourth-order valence-electron chi connectivity index (χ4n) is 3.64. The molecule has 1 heterocycles. The lowest BCUT2D eigenvalue weighted by molar-refractivity contribution is -0.152. The van der Waals surface area contributed by atoms with E-state index < -0.39 is 0 Å². The number of hydrogen-bond donors (Lipinski definition) is 0. The highest BCUT2D eigenvalue weighted by atomic mass is 16.6. The molecule has 0 aliphatic carbocycles. The molecule has 1 rings (SSSR count). The highest BCUT2D eigenvalue weighted by Crippen LogP contribution is 2.12. The molecule has 196 valence electrons. The van der Waals surface area contributed by atoms with E-state index >= 15 is 0 Å². The van der Waals surface area contributed by atoms with Crippen molar-refractivity contribution in [3.8, 4) is 0 Å². The van der Waals surface area contributed by atoms with Crippen molar-refractivity contribution in [1.82, 2.24) is 0 Å². The molecule has 0 bridgehead atoms. The van der Waals surface area contributed by atoms with E-state index in [4.69, 9.17) is 18.9 Å². The van der Waals surface area contributed by atoms with Gasteiger partial charge in [-0.2, -0.15) is 0 Å². The molecule has 8 heteroatoms. The van der Waals surface area contributed by atoms with Gasteiger partial charge in [0, 0.05) is 38.5 Å². The first-order valence-corrected chi connectivity index (χ1v) is 13.1. The number of hydrogen-bond acceptors (Lipinski definition) is 8. The van der Waals surface area contributed by atoms with Crippen LogP contribution in [0.3, 0.4) is 0 Å². The van der Waals surface area contributed by atoms with Gasteiger partial charge in [0.1, 0.15) is 12.2 Å². The molecule has 1 aliphatic rings. The summed E-state index contributed by atoms with van der Waals surface area (Å²) in [4.78, 5) is 47.5. The van der Waals surface area contributed by atoms with Crippen molar-refractivity contribution < 1.29 is 38.1 Å². The summed E-state index contributed by atoms with van der Waals surface area (Å²) >= 11 is 0. The number of carbonyl (C=O) groups excluding carboxylic acids is 4. The van der Waals surface area contributed by atoms with Gasteiger partial charge < -0.3 is 18.9 Å². The second-order valence-electron chi connectivity index (χ2n) is 9.15. The molecule has 0 aromatic carbocycles. The Bertz CT molecular complexity index is 552. The fourth-order valence-corrected chi connectivity index (χ4v) is 3.64. The van der Waals surface area contributed by atoms with Crippen LogP contribution in [0.25, 0.3) is 0 Å². The lowest BCUT2D eigenvalue weighted by Crippen LogP contribution is -2.18. The summed E-state index contributed by atoms with van der Waals surface area (Å²) in [6, 6.07) is 0. The Labute approximate surface area is 204 Å². The highest BCUT2D eigenvalue weighted by Gasteiger charge is 2.13. The van der Waals surface area contributed by atoms with Crippen LogP contribution in [-0.2, 0) is 38.1 Å². The highest BCUT2D eigenvalue weighted by molar-refractivity contribution is 5.70. The van der Waals surface area contributed by atoms with Crippen LogP contribution in [0.1, 0.15) is 117 Å². The van der Waals surface area contributed by atoms with Crippen molar-refractivity contribution in [3.63, 3.8) is 0 Å². The van der Waals surface area contributed by atoms with Gasteiger partial charge in [-0.25, -0.2) is 0 Å². The summed E-state index contributed by atoms with van der Waals surface area (Å²) in [5.74, 6) is -0.907. The van der Waals surface area contributed by atoms with Crippen LogP contribution >= 0.6 is 0 Å². The van der Waals surface area contributed by atoms with Crippen LogP contribution in [-0.4, -0.2) is 49.3 Å². The molecule has 0 saturated carbocycles. The summed E-state index contributed by atoms with van der Waals surface area (Å²) in [5, 5.41) is 0. The first-order valence-electron chi connectivity index (χ1n) is 13.1. The van der Waals surface area contributed by atoms with Gasteiger partial charge in [-0.05, 0) is 39.5 Å². The van der Waals surface area contributed by atoms with Crippen molar-refractivity contribution in [2.75, 3.05) is 13.2 Å². The minimum absolute atomic E-state index is 0.226. The zero-order valence-corrected chi connectivity index (χ0v) is 21.1. The quantitative estimate of drug-likeness (QED) is 0.342. The third-order valence-electron chi connectivity index (χ3n) is 5.76. The number of carbonyl (C=O) groups is 4. The predicted molar refractivity (Wildman–Crippen MR) is 127 cm³/mol. The smallest absolute Gasteiger partial charge is 0.306 e. The molecule has 1 saturated heterocycles. The van der Waals surface area contributed by atoms with Crippen molar-refractivity contribution in [2.45, 2.75) is 129 Å². The van der Waals surface area contributed by atoms with Crippen molar-refractivity contribution in [1.29, 1.82) is 0 Å². The topological polar surface area (TPSA) is 105 Å². The second kappa shape index (κ2) is 19.2. The van der Waals surface area contributed by atoms with Crippen LogP contribution in [0.2, 0.25) is 0 Å². The van der Waals surface area contributed by atoms with E-state index in [1.807, 2.05) is 0 Å². The molecule has 0 aromatic heterocycles. The van der Waals surface area contributed by atoms with Crippen LogP contribution < -0.4 is 0 Å². The van der Waals surface area contributed by atoms with Gasteiger partial charge in [-0.15, -0.1) is 0 Å². The zero-order valence-electron chi connectivity index (χ0n) is 21.1. The largest absolute Gasteiger partial charge is 0.466 e. The van der Waals surface area contributed by atoms with E-state index in [0.29, 0.717) is 38.5 Å². The fraction of sp³-hybridized carbons (Fsp3) is 0.846. The van der Waals surface area contributed by atoms with Gasteiger partial charge >= 0.3 is 23.9 Å². The maximum atomic E-state index is 11.9. The van der Waals surface area contributed by atoms with Gasteiger partial charge in [-0.1, -0.05) is 38.5 Å². The second-order valence-corrected chi connectivity index (χ2v) is 9.15. The summed E-state index contributed by atoms with van der Waals surface area (Å²) in [5.41, 5.74) is 0. The van der Waals surface area contributed by atoms with Crippen LogP contribution in [0.15, 0.2) is 0 Å². The zero-order chi connectivity index (χ0) is 25.0. The molecule has 0 aromatic rings. The molecule has 2 atom stereocenters. The Kier molecular flexibility index (Phi) is 16.9. The van der Waals surface area contributed by atoms with Crippen LogP contribution in [0.5, 0.6) is 0 Å². The summed E-state index contributed by atoms with van der Waals surface area (Å²) in [6.07, 6.45) is 10.4. The van der Waals surface area contributed by atoms with Gasteiger partial charge in [0.05, 0.1) is 13.2 Å². The lowest BCUT2D eigenvalue weighted by atomic mass is 10.1. The molecule has 0 radical (unpaired) electrons. The van der Waals surface area contributed by atoms with E-state index in [9.17, 15) is 19.2 Å². The van der Waals surface area contributed by atoms with E-state index in [2.05, 4.69) is 0 Å². The predicted octanol–water partition coefficient (Wildman–Crippen LogP) is 5.19. The van der Waals surface area contributed by atoms with Crippen molar-refractivity contribution >= 4 is 23.9 Å². The number of ether oxygens (including phenoxy) is 4. The molecule has 1 fully saturated rings. The van der Waals surface area contributed by atoms with Gasteiger partial charge in [0.2, 0.25) is 0 Å². The molecule has 34 heavy (non-hydrogen) atoms. The van der Waals surface area contributed by atoms with Crippen molar-refractivity contribution in [2.24, 2.45) is 0 Å². The maximum Gasteiger partial charge on any atom is 0.306 e. The van der Waals surface area contributed by atoms with E-state index in [1.165, 1.54) is 0 Å². The first kappa shape index (κ1) is 29.9. The van der Waals surface area contributed by atoms with Crippen molar-refractivity contribution in [3.05, 3.63) is 0 Å². The number of cyclic esters (lactones) is 4. The maximum absolute atomic E-state index is 11.9. The molecular weight excluding hydrogens is 440 g/mol. The normalized spacial score (nSPS) is 25.6. The number of esters is 4. The molecule has 0 spiro atoms. The summed E-state index contributed by atoms with van der Waals surface area (Å²) < 4.78 is 21.2. The Hall–Kier alpha value is -2.12. The number of rotatable bonds is 0. The Morgan fingerprint density at radius 1 is 0.471 bits per heavy atom. The standard InChI is InChI=1S/C26H44O8/c1-21-17-19-31-23(27)13-9-6-4-8-12-16-26(30)34-22(2)18-20-32-24(28)14-10-5-3-7-11-15-25(29)33-21/h21-22H,3-20H2,1-2H3. The third kappa shape index (κ3) is 17.4. The van der Waals surface area contributed by atoms with E-state index in [1.54, 1.807) is 13.8 Å². The minimum Gasteiger partial charge on any atom is -0.466 e. The average Bonchev–Trinajstić information content (AvgIpc) is 2.77. The Morgan fingerprint density at radius 3 is 1.12 bits per heavy atom. The van der Waals surface area contributed by atoms with Gasteiger partial charge in [0.25, 0.3) is 0 Å². The summed E-state index contributed by atoms with van der Waals surface area (Å²) in [6.45, 7) is 4.10. The Balaban J connectivity index is 2.37. The third-order valence-corrected chi connectivity index (χ3v) is 5.76. The van der Waals surface area contributed by atoms with Gasteiger partial charge in [-0.3, -0.25) is 19.2 Å². The lowest BCUT2D eigenvalue weighted by Gasteiger charge is -2.14. The van der Waals surface area contributed by atoms with Crippen LogP contribution in [0.4, 0.5) is 0 Å². The van der Waals surface area contributed by atoms with E-state index in [0.717, 1.165) is 64.2 Å². The molecular formula is C26H44O8. The Morgan fingerprint density at radius 2 is 0.765 bits per heavy atom. The average molecular weight is 485 g/mol. The molecule has 0 N–H and O–H groups in total. The molecule has 2 unspecified atom stereocenters.